The number of thioether (sulfide) groups is 1. The average molecular weight is 604 g/mol. The molecule has 1 N–H and O–H groups in total. The normalized spacial score (nSPS) is 25.0. The molecule has 0 amide bonds. The molecule has 7 heteroatoms. The lowest BCUT2D eigenvalue weighted by Crippen LogP contribution is -2.59. The summed E-state index contributed by atoms with van der Waals surface area (Å²) in [4.78, 5) is 17.4. The van der Waals surface area contributed by atoms with Gasteiger partial charge in [-0.1, -0.05) is 93.6 Å². The molecule has 2 fully saturated rings. The molecule has 43 heavy (non-hydrogen) atoms. The topological polar surface area (TPSA) is 68.2 Å². The molecule has 230 valence electrons. The van der Waals surface area contributed by atoms with Crippen LogP contribution in [0, 0.1) is 6.92 Å². The van der Waals surface area contributed by atoms with Crippen LogP contribution in [0.15, 0.2) is 83.8 Å². The van der Waals surface area contributed by atoms with E-state index in [-0.39, 0.29) is 11.8 Å². The Morgan fingerprint density at radius 3 is 2.35 bits per heavy atom. The molecule has 3 atom stereocenters. The number of nitrogens with zero attached hydrogens (tertiary/aromatic N) is 1. The Kier molecular flexibility index (Phi) is 9.99. The van der Waals surface area contributed by atoms with Gasteiger partial charge in [0.05, 0.1) is 19.8 Å². The lowest BCUT2D eigenvalue weighted by atomic mass is 9.79. The third kappa shape index (κ3) is 7.70. The molecule has 0 aromatic heterocycles. The van der Waals surface area contributed by atoms with Crippen molar-refractivity contribution in [3.05, 3.63) is 101 Å². The summed E-state index contributed by atoms with van der Waals surface area (Å²) < 4.78 is 18.5. The van der Waals surface area contributed by atoms with Gasteiger partial charge in [-0.25, -0.2) is 0 Å². The largest absolute Gasteiger partial charge is 0.453 e. The van der Waals surface area contributed by atoms with Gasteiger partial charge < -0.3 is 19.3 Å². The minimum atomic E-state index is -1.75. The minimum Gasteiger partial charge on any atom is -0.453 e. The molecule has 3 aromatic rings. The minimum absolute atomic E-state index is 0.139. The molecular weight excluding hydrogens is 558 g/mol. The second-order valence-electron chi connectivity index (χ2n) is 12.8. The molecule has 6 nitrogen and oxygen atoms in total. The smallest absolute Gasteiger partial charge is 0.325 e. The van der Waals surface area contributed by atoms with Crippen LogP contribution >= 0.6 is 11.8 Å². The standard InChI is InChI=1S/C36H45NO5S/c1-27-15-16-30(34(2,3)4)31(25-27)43-32-33(38)42-35(29-13-9-6-10-14-29,18-17-28-11-7-5-8-12-28)26-36(32,39)41-24-21-37-19-22-40-23-20-37/h5-16,25,32,39H,17-24,26H2,1-4H3. The second kappa shape index (κ2) is 13.5. The SMILES string of the molecule is Cc1ccc(C(C)(C)C)c(SC2C(=O)OC(CCc3ccccc3)(c3ccccc3)CC2(O)OCCN2CCOCC2)c1. The fourth-order valence-electron chi connectivity index (χ4n) is 6.06. The first-order valence-electron chi connectivity index (χ1n) is 15.3. The van der Waals surface area contributed by atoms with Crippen molar-refractivity contribution in [1.29, 1.82) is 0 Å². The van der Waals surface area contributed by atoms with Crippen LogP contribution in [-0.2, 0) is 36.4 Å². The van der Waals surface area contributed by atoms with Gasteiger partial charge in [0, 0.05) is 31.0 Å². The summed E-state index contributed by atoms with van der Waals surface area (Å²) in [5.41, 5.74) is 3.04. The molecule has 0 bridgehead atoms. The molecular formula is C36H45NO5S. The van der Waals surface area contributed by atoms with E-state index in [0.717, 1.165) is 40.2 Å². The molecule has 2 saturated heterocycles. The number of cyclic esters (lactones) is 1. The average Bonchev–Trinajstić information content (AvgIpc) is 2.99. The van der Waals surface area contributed by atoms with E-state index < -0.39 is 22.6 Å². The summed E-state index contributed by atoms with van der Waals surface area (Å²) in [6, 6.07) is 26.3. The van der Waals surface area contributed by atoms with Gasteiger partial charge >= 0.3 is 5.97 Å². The van der Waals surface area contributed by atoms with Crippen molar-refractivity contribution in [3.8, 4) is 0 Å². The maximum absolute atomic E-state index is 14.2. The number of esters is 1. The highest BCUT2D eigenvalue weighted by atomic mass is 32.2. The number of aryl methyl sites for hydroxylation is 2. The van der Waals surface area contributed by atoms with Gasteiger partial charge in [-0.2, -0.15) is 0 Å². The summed E-state index contributed by atoms with van der Waals surface area (Å²) in [5, 5.41) is 11.6. The zero-order chi connectivity index (χ0) is 30.5. The van der Waals surface area contributed by atoms with Crippen LogP contribution < -0.4 is 0 Å². The van der Waals surface area contributed by atoms with Crippen molar-refractivity contribution in [2.24, 2.45) is 0 Å². The van der Waals surface area contributed by atoms with Crippen LogP contribution in [0.1, 0.15) is 55.9 Å². The van der Waals surface area contributed by atoms with E-state index in [2.05, 4.69) is 56.0 Å². The van der Waals surface area contributed by atoms with Crippen LogP contribution in [0.25, 0.3) is 0 Å². The number of hydrogen-bond donors (Lipinski definition) is 1. The van der Waals surface area contributed by atoms with E-state index in [9.17, 15) is 9.90 Å². The van der Waals surface area contributed by atoms with Crippen LogP contribution in [0.3, 0.4) is 0 Å². The van der Waals surface area contributed by atoms with E-state index in [4.69, 9.17) is 14.2 Å². The van der Waals surface area contributed by atoms with Crippen molar-refractivity contribution in [1.82, 2.24) is 4.90 Å². The Bertz CT molecular complexity index is 1360. The molecule has 2 heterocycles. The first kappa shape index (κ1) is 31.7. The molecule has 3 aromatic carbocycles. The maximum Gasteiger partial charge on any atom is 0.325 e. The number of aliphatic hydroxyl groups is 1. The van der Waals surface area contributed by atoms with Gasteiger partial charge in [0.15, 0.2) is 11.0 Å². The van der Waals surface area contributed by atoms with Crippen molar-refractivity contribution < 1.29 is 24.1 Å². The van der Waals surface area contributed by atoms with Gasteiger partial charge in [0.2, 0.25) is 0 Å². The quantitative estimate of drug-likeness (QED) is 0.217. The Morgan fingerprint density at radius 2 is 1.67 bits per heavy atom. The molecule has 0 spiro atoms. The Balaban J connectivity index is 1.50. The Morgan fingerprint density at radius 1 is 1.00 bits per heavy atom. The highest BCUT2D eigenvalue weighted by molar-refractivity contribution is 8.00. The van der Waals surface area contributed by atoms with E-state index in [1.165, 1.54) is 11.8 Å². The monoisotopic (exact) mass is 603 g/mol. The van der Waals surface area contributed by atoms with Crippen LogP contribution in [-0.4, -0.2) is 66.5 Å². The molecule has 5 rings (SSSR count). The number of rotatable bonds is 10. The van der Waals surface area contributed by atoms with Gasteiger partial charge in [0.25, 0.3) is 0 Å². The zero-order valence-corrected chi connectivity index (χ0v) is 26.7. The molecule has 2 aliphatic rings. The number of ether oxygens (including phenoxy) is 3. The van der Waals surface area contributed by atoms with Gasteiger partial charge in [0.1, 0.15) is 5.60 Å². The van der Waals surface area contributed by atoms with Crippen LogP contribution in [0.5, 0.6) is 0 Å². The Hall–Kier alpha value is -2.68. The molecule has 2 aliphatic heterocycles. The van der Waals surface area contributed by atoms with Crippen molar-refractivity contribution in [3.63, 3.8) is 0 Å². The van der Waals surface area contributed by atoms with Crippen molar-refractivity contribution >= 4 is 17.7 Å². The molecule has 0 saturated carbocycles. The number of benzene rings is 3. The number of carbonyl (C=O) groups excluding carboxylic acids is 1. The van der Waals surface area contributed by atoms with Gasteiger partial charge in [-0.3, -0.25) is 9.69 Å². The zero-order valence-electron chi connectivity index (χ0n) is 25.9. The van der Waals surface area contributed by atoms with Crippen LogP contribution in [0.4, 0.5) is 0 Å². The third-order valence-electron chi connectivity index (χ3n) is 8.47. The maximum atomic E-state index is 14.2. The number of carbonyl (C=O) groups is 1. The number of morpholine rings is 1. The van der Waals surface area contributed by atoms with E-state index in [1.54, 1.807) is 0 Å². The second-order valence-corrected chi connectivity index (χ2v) is 14.0. The fraction of sp³-hybridized carbons (Fsp3) is 0.472. The summed E-state index contributed by atoms with van der Waals surface area (Å²) >= 11 is 1.36. The van der Waals surface area contributed by atoms with Crippen molar-refractivity contribution in [2.45, 2.75) is 73.9 Å². The third-order valence-corrected chi connectivity index (χ3v) is 9.86. The van der Waals surface area contributed by atoms with Gasteiger partial charge in [-0.05, 0) is 53.5 Å². The summed E-state index contributed by atoms with van der Waals surface area (Å²) in [6.45, 7) is 12.5. The number of hydrogen-bond acceptors (Lipinski definition) is 7. The highest BCUT2D eigenvalue weighted by Crippen LogP contribution is 2.50. The van der Waals surface area contributed by atoms with E-state index in [1.807, 2.05) is 55.5 Å². The lowest BCUT2D eigenvalue weighted by Gasteiger charge is -2.48. The van der Waals surface area contributed by atoms with Crippen molar-refractivity contribution in [2.75, 3.05) is 39.5 Å². The van der Waals surface area contributed by atoms with Crippen LogP contribution in [0.2, 0.25) is 0 Å². The van der Waals surface area contributed by atoms with E-state index in [0.29, 0.717) is 39.2 Å². The molecule has 3 unspecified atom stereocenters. The fourth-order valence-corrected chi connectivity index (χ4v) is 7.55. The van der Waals surface area contributed by atoms with E-state index >= 15 is 0 Å². The summed E-state index contributed by atoms with van der Waals surface area (Å²) in [7, 11) is 0. The highest BCUT2D eigenvalue weighted by Gasteiger charge is 2.58. The Labute approximate surface area is 260 Å². The van der Waals surface area contributed by atoms with Gasteiger partial charge in [-0.15, -0.1) is 11.8 Å². The molecule has 0 aliphatic carbocycles. The summed E-state index contributed by atoms with van der Waals surface area (Å²) in [5.74, 6) is -2.21. The first-order valence-corrected chi connectivity index (χ1v) is 16.2. The summed E-state index contributed by atoms with van der Waals surface area (Å²) in [6.07, 6.45) is 1.35. The molecule has 0 radical (unpaired) electrons. The predicted octanol–water partition coefficient (Wildman–Crippen LogP) is 6.27. The lowest BCUT2D eigenvalue weighted by molar-refractivity contribution is -0.266. The predicted molar refractivity (Wildman–Crippen MR) is 171 cm³/mol. The first-order chi connectivity index (χ1) is 20.6.